The van der Waals surface area contributed by atoms with Crippen molar-refractivity contribution < 1.29 is 4.74 Å². The first-order valence-electron chi connectivity index (χ1n) is 4.79. The Morgan fingerprint density at radius 3 is 3.07 bits per heavy atom. The largest absolute Gasteiger partial charge is 0.488 e. The van der Waals surface area contributed by atoms with Gasteiger partial charge in [-0.05, 0) is 13.8 Å². The fourth-order valence-corrected chi connectivity index (χ4v) is 1.04. The molecule has 1 N–H and O–H groups in total. The SMILES string of the molecule is C/C=C/COc1cncc(NCC)c1. The molecule has 0 spiro atoms. The van der Waals surface area contributed by atoms with Crippen molar-refractivity contribution in [2.75, 3.05) is 18.5 Å². The lowest BCUT2D eigenvalue weighted by molar-refractivity contribution is 0.361. The van der Waals surface area contributed by atoms with Gasteiger partial charge < -0.3 is 10.1 Å². The lowest BCUT2D eigenvalue weighted by Gasteiger charge is -2.05. The molecule has 0 aromatic carbocycles. The first kappa shape index (κ1) is 10.6. The van der Waals surface area contributed by atoms with Crippen LogP contribution in [0.2, 0.25) is 0 Å². The molecule has 1 rings (SSSR count). The van der Waals surface area contributed by atoms with Crippen LogP contribution < -0.4 is 10.1 Å². The number of hydrogen-bond donors (Lipinski definition) is 1. The van der Waals surface area contributed by atoms with Crippen LogP contribution in [0.1, 0.15) is 13.8 Å². The molecular formula is C11H16N2O. The molecule has 0 amide bonds. The molecule has 3 heteroatoms. The van der Waals surface area contributed by atoms with Crippen LogP contribution in [-0.2, 0) is 0 Å². The van der Waals surface area contributed by atoms with Gasteiger partial charge in [0.2, 0.25) is 0 Å². The second-order valence-electron chi connectivity index (χ2n) is 2.82. The monoisotopic (exact) mass is 192 g/mol. The van der Waals surface area contributed by atoms with Gasteiger partial charge in [0.05, 0.1) is 18.1 Å². The predicted molar refractivity (Wildman–Crippen MR) is 58.7 cm³/mol. The quantitative estimate of drug-likeness (QED) is 0.728. The first-order valence-corrected chi connectivity index (χ1v) is 4.79. The highest BCUT2D eigenvalue weighted by atomic mass is 16.5. The van der Waals surface area contributed by atoms with Crippen molar-refractivity contribution in [3.63, 3.8) is 0 Å². The smallest absolute Gasteiger partial charge is 0.140 e. The Bertz CT molecular complexity index is 297. The molecule has 0 saturated heterocycles. The standard InChI is InChI=1S/C11H16N2O/c1-3-5-6-14-11-7-10(13-4-2)8-12-9-11/h3,5,7-9,13H,4,6H2,1-2H3/b5-3+. The van der Waals surface area contributed by atoms with Crippen molar-refractivity contribution in [3.05, 3.63) is 30.6 Å². The van der Waals surface area contributed by atoms with E-state index in [1.807, 2.05) is 32.1 Å². The molecule has 0 unspecified atom stereocenters. The molecule has 0 atom stereocenters. The second kappa shape index (κ2) is 6.02. The Morgan fingerprint density at radius 2 is 2.36 bits per heavy atom. The Hall–Kier alpha value is -1.51. The predicted octanol–water partition coefficient (Wildman–Crippen LogP) is 2.47. The van der Waals surface area contributed by atoms with Crippen molar-refractivity contribution in [2.24, 2.45) is 0 Å². The lowest BCUT2D eigenvalue weighted by Crippen LogP contribution is -1.99. The van der Waals surface area contributed by atoms with Crippen LogP contribution >= 0.6 is 0 Å². The summed E-state index contributed by atoms with van der Waals surface area (Å²) < 4.78 is 5.44. The van der Waals surface area contributed by atoms with Crippen LogP contribution in [0.25, 0.3) is 0 Å². The highest BCUT2D eigenvalue weighted by Crippen LogP contribution is 2.14. The zero-order chi connectivity index (χ0) is 10.2. The third kappa shape index (κ3) is 3.47. The Kier molecular flexibility index (Phi) is 4.55. The molecule has 1 heterocycles. The molecule has 0 saturated carbocycles. The molecule has 0 aliphatic carbocycles. The number of nitrogens with one attached hydrogen (secondary N) is 1. The Labute approximate surface area is 84.8 Å². The third-order valence-electron chi connectivity index (χ3n) is 1.68. The van der Waals surface area contributed by atoms with Gasteiger partial charge in [0.15, 0.2) is 0 Å². The fourth-order valence-electron chi connectivity index (χ4n) is 1.04. The van der Waals surface area contributed by atoms with E-state index in [0.717, 1.165) is 18.0 Å². The summed E-state index contributed by atoms with van der Waals surface area (Å²) in [6, 6.07) is 1.94. The van der Waals surface area contributed by atoms with E-state index in [2.05, 4.69) is 10.3 Å². The van der Waals surface area contributed by atoms with Crippen LogP contribution in [0.4, 0.5) is 5.69 Å². The molecule has 14 heavy (non-hydrogen) atoms. The van der Waals surface area contributed by atoms with Gasteiger partial charge in [-0.1, -0.05) is 12.2 Å². The van der Waals surface area contributed by atoms with E-state index in [1.54, 1.807) is 12.4 Å². The molecule has 0 fully saturated rings. The zero-order valence-electron chi connectivity index (χ0n) is 8.66. The van der Waals surface area contributed by atoms with Crippen LogP contribution in [0.5, 0.6) is 5.75 Å². The van der Waals surface area contributed by atoms with Gasteiger partial charge in [0.25, 0.3) is 0 Å². The molecule has 1 aromatic heterocycles. The second-order valence-corrected chi connectivity index (χ2v) is 2.82. The minimum absolute atomic E-state index is 0.591. The number of anilines is 1. The molecule has 0 aliphatic rings. The summed E-state index contributed by atoms with van der Waals surface area (Å²) >= 11 is 0. The topological polar surface area (TPSA) is 34.1 Å². The van der Waals surface area contributed by atoms with Gasteiger partial charge in [-0.25, -0.2) is 0 Å². The van der Waals surface area contributed by atoms with Crippen LogP contribution in [-0.4, -0.2) is 18.1 Å². The summed E-state index contributed by atoms with van der Waals surface area (Å²) in [5.41, 5.74) is 0.991. The molecule has 0 aliphatic heterocycles. The van der Waals surface area contributed by atoms with E-state index in [0.29, 0.717) is 6.61 Å². The van der Waals surface area contributed by atoms with E-state index in [-0.39, 0.29) is 0 Å². The molecule has 76 valence electrons. The summed E-state index contributed by atoms with van der Waals surface area (Å²) in [5, 5.41) is 3.18. The number of nitrogens with zero attached hydrogens (tertiary/aromatic N) is 1. The highest BCUT2D eigenvalue weighted by molar-refractivity contribution is 5.44. The van der Waals surface area contributed by atoms with E-state index in [4.69, 9.17) is 4.74 Å². The summed E-state index contributed by atoms with van der Waals surface area (Å²) in [6.07, 6.45) is 7.41. The molecular weight excluding hydrogens is 176 g/mol. The van der Waals surface area contributed by atoms with Crippen molar-refractivity contribution in [3.8, 4) is 5.75 Å². The summed E-state index contributed by atoms with van der Waals surface area (Å²) in [6.45, 7) is 5.50. The highest BCUT2D eigenvalue weighted by Gasteiger charge is 1.94. The molecule has 3 nitrogen and oxygen atoms in total. The number of rotatable bonds is 5. The summed E-state index contributed by atoms with van der Waals surface area (Å²) in [4.78, 5) is 4.07. The van der Waals surface area contributed by atoms with E-state index >= 15 is 0 Å². The summed E-state index contributed by atoms with van der Waals surface area (Å²) in [7, 11) is 0. The number of allylic oxidation sites excluding steroid dienone is 1. The van der Waals surface area contributed by atoms with Gasteiger partial charge >= 0.3 is 0 Å². The number of aromatic nitrogens is 1. The number of pyridine rings is 1. The fraction of sp³-hybridized carbons (Fsp3) is 0.364. The first-order chi connectivity index (χ1) is 6.86. The minimum Gasteiger partial charge on any atom is -0.488 e. The van der Waals surface area contributed by atoms with Crippen LogP contribution in [0.15, 0.2) is 30.6 Å². The van der Waals surface area contributed by atoms with Gasteiger partial charge in [-0.15, -0.1) is 0 Å². The third-order valence-corrected chi connectivity index (χ3v) is 1.68. The van der Waals surface area contributed by atoms with Gasteiger partial charge in [-0.3, -0.25) is 4.98 Å². The van der Waals surface area contributed by atoms with Gasteiger partial charge in [0, 0.05) is 12.6 Å². The molecule has 1 aromatic rings. The maximum Gasteiger partial charge on any atom is 0.140 e. The van der Waals surface area contributed by atoms with Crippen molar-refractivity contribution >= 4 is 5.69 Å². The van der Waals surface area contributed by atoms with E-state index in [1.165, 1.54) is 0 Å². The zero-order valence-corrected chi connectivity index (χ0v) is 8.66. The molecule has 0 bridgehead atoms. The lowest BCUT2D eigenvalue weighted by atomic mass is 10.4. The van der Waals surface area contributed by atoms with Crippen LogP contribution in [0.3, 0.4) is 0 Å². The summed E-state index contributed by atoms with van der Waals surface area (Å²) in [5.74, 6) is 0.793. The Balaban J connectivity index is 2.54. The number of ether oxygens (including phenoxy) is 1. The van der Waals surface area contributed by atoms with Gasteiger partial charge in [0.1, 0.15) is 12.4 Å². The van der Waals surface area contributed by atoms with Crippen LogP contribution in [0, 0.1) is 0 Å². The normalized spacial score (nSPS) is 10.4. The maximum atomic E-state index is 5.44. The molecule has 0 radical (unpaired) electrons. The van der Waals surface area contributed by atoms with E-state index < -0.39 is 0 Å². The van der Waals surface area contributed by atoms with Crippen molar-refractivity contribution in [1.29, 1.82) is 0 Å². The average Bonchev–Trinajstić information content (AvgIpc) is 2.19. The maximum absolute atomic E-state index is 5.44. The Morgan fingerprint density at radius 1 is 1.50 bits per heavy atom. The minimum atomic E-state index is 0.591. The number of hydrogen-bond acceptors (Lipinski definition) is 3. The van der Waals surface area contributed by atoms with Gasteiger partial charge in [-0.2, -0.15) is 0 Å². The van der Waals surface area contributed by atoms with Crippen molar-refractivity contribution in [1.82, 2.24) is 4.98 Å². The average molecular weight is 192 g/mol. The van der Waals surface area contributed by atoms with Crippen molar-refractivity contribution in [2.45, 2.75) is 13.8 Å². The van der Waals surface area contributed by atoms with E-state index in [9.17, 15) is 0 Å².